The van der Waals surface area contributed by atoms with Crippen LogP contribution in [0.2, 0.25) is 0 Å². The second kappa shape index (κ2) is 8.05. The van der Waals surface area contributed by atoms with E-state index in [9.17, 15) is 4.79 Å². The Hall–Kier alpha value is -3.21. The molecule has 0 unspecified atom stereocenters. The predicted molar refractivity (Wildman–Crippen MR) is 125 cm³/mol. The van der Waals surface area contributed by atoms with Gasteiger partial charge in [0.15, 0.2) is 0 Å². The van der Waals surface area contributed by atoms with Gasteiger partial charge in [-0.2, -0.15) is 0 Å². The van der Waals surface area contributed by atoms with Gasteiger partial charge in [-0.15, -0.1) is 0 Å². The number of hydrogen-bond donors (Lipinski definition) is 0. The van der Waals surface area contributed by atoms with Crippen LogP contribution in [0.15, 0.2) is 67.0 Å². The Kier molecular flexibility index (Phi) is 4.90. The molecule has 1 amide bonds. The first-order chi connectivity index (χ1) is 15.8. The molecule has 1 saturated heterocycles. The molecule has 3 atom stereocenters. The average Bonchev–Trinajstić information content (AvgIpc) is 3.15. The van der Waals surface area contributed by atoms with Crippen LogP contribution >= 0.6 is 0 Å². The van der Waals surface area contributed by atoms with Crippen LogP contribution in [0.3, 0.4) is 0 Å². The maximum atomic E-state index is 14.1. The summed E-state index contributed by atoms with van der Waals surface area (Å²) < 4.78 is 0. The van der Waals surface area contributed by atoms with E-state index in [2.05, 4.69) is 68.3 Å². The van der Waals surface area contributed by atoms with Gasteiger partial charge in [0, 0.05) is 31.5 Å². The minimum Gasteiger partial charge on any atom is -0.332 e. The Morgan fingerprint density at radius 1 is 0.812 bits per heavy atom. The lowest BCUT2D eigenvalue weighted by Crippen LogP contribution is -2.48. The first kappa shape index (κ1) is 19.5. The van der Waals surface area contributed by atoms with Crippen LogP contribution in [0, 0.1) is 5.92 Å². The number of carbonyl (C=O) groups excluding carboxylic acids is 1. The summed E-state index contributed by atoms with van der Waals surface area (Å²) in [6, 6.07) is 19.0. The van der Waals surface area contributed by atoms with Crippen LogP contribution in [0.5, 0.6) is 0 Å². The molecule has 0 spiro atoms. The zero-order valence-corrected chi connectivity index (χ0v) is 18.2. The zero-order chi connectivity index (χ0) is 21.5. The predicted octanol–water partition coefficient (Wildman–Crippen LogP) is 4.82. The molecule has 162 valence electrons. The first-order valence-electron chi connectivity index (χ1n) is 11.8. The molecule has 1 aliphatic carbocycles. The van der Waals surface area contributed by atoms with Crippen LogP contribution in [-0.4, -0.2) is 32.9 Å². The number of benzene rings is 2. The summed E-state index contributed by atoms with van der Waals surface area (Å²) in [6.07, 6.45) is 9.28. The summed E-state index contributed by atoms with van der Waals surface area (Å²) in [5.74, 6) is 1.46. The third-order valence-electron chi connectivity index (χ3n) is 7.52. The van der Waals surface area contributed by atoms with Gasteiger partial charge >= 0.3 is 0 Å². The Labute approximate surface area is 189 Å². The average molecular weight is 425 g/mol. The fraction of sp³-hybridized carbons (Fsp3) is 0.370. The van der Waals surface area contributed by atoms with Crippen molar-refractivity contribution < 1.29 is 4.79 Å². The summed E-state index contributed by atoms with van der Waals surface area (Å²) in [4.78, 5) is 27.6. The van der Waals surface area contributed by atoms with Gasteiger partial charge in [0.1, 0.15) is 6.04 Å². The topological polar surface area (TPSA) is 49.3 Å². The van der Waals surface area contributed by atoms with Crippen LogP contribution in [0.1, 0.15) is 43.2 Å². The van der Waals surface area contributed by atoms with Crippen molar-refractivity contribution in [2.24, 2.45) is 5.92 Å². The molecule has 2 aliphatic heterocycles. The van der Waals surface area contributed by atoms with Gasteiger partial charge < -0.3 is 9.80 Å². The van der Waals surface area contributed by atoms with Gasteiger partial charge in [0.2, 0.25) is 11.9 Å². The number of carbonyl (C=O) groups is 1. The highest BCUT2D eigenvalue weighted by Gasteiger charge is 2.47. The Bertz CT molecular complexity index is 1080. The summed E-state index contributed by atoms with van der Waals surface area (Å²) in [6.45, 7) is 1.28. The van der Waals surface area contributed by atoms with Crippen molar-refractivity contribution in [3.05, 3.63) is 78.1 Å². The monoisotopic (exact) mass is 424 g/mol. The Balaban J connectivity index is 1.38. The van der Waals surface area contributed by atoms with Crippen LogP contribution in [0.25, 0.3) is 11.1 Å². The Morgan fingerprint density at radius 2 is 1.44 bits per heavy atom. The molecule has 32 heavy (non-hydrogen) atoms. The van der Waals surface area contributed by atoms with E-state index in [1.54, 1.807) is 12.4 Å². The molecule has 0 radical (unpaired) electrons. The van der Waals surface area contributed by atoms with Crippen LogP contribution in [-0.2, 0) is 17.9 Å². The largest absolute Gasteiger partial charge is 0.332 e. The molecule has 3 heterocycles. The van der Waals surface area contributed by atoms with E-state index in [-0.39, 0.29) is 11.9 Å². The van der Waals surface area contributed by atoms with Gasteiger partial charge in [-0.3, -0.25) is 4.79 Å². The van der Waals surface area contributed by atoms with Crippen molar-refractivity contribution in [2.75, 3.05) is 4.90 Å². The number of amides is 1. The maximum absolute atomic E-state index is 14.1. The highest BCUT2D eigenvalue weighted by molar-refractivity contribution is 5.87. The van der Waals surface area contributed by atoms with E-state index < -0.39 is 0 Å². The molecule has 3 aliphatic rings. The van der Waals surface area contributed by atoms with Gasteiger partial charge in [0.25, 0.3) is 0 Å². The smallest absolute Gasteiger partial charge is 0.246 e. The Morgan fingerprint density at radius 3 is 2.12 bits per heavy atom. The van der Waals surface area contributed by atoms with E-state index in [1.165, 1.54) is 41.5 Å². The van der Waals surface area contributed by atoms with E-state index >= 15 is 0 Å². The summed E-state index contributed by atoms with van der Waals surface area (Å²) in [5.41, 5.74) is 4.90. The minimum atomic E-state index is -0.192. The van der Waals surface area contributed by atoms with Crippen molar-refractivity contribution in [2.45, 2.75) is 57.3 Å². The fourth-order valence-corrected chi connectivity index (χ4v) is 6.07. The first-order valence-corrected chi connectivity index (χ1v) is 11.8. The molecule has 5 heteroatoms. The van der Waals surface area contributed by atoms with Crippen LogP contribution in [0.4, 0.5) is 5.95 Å². The maximum Gasteiger partial charge on any atom is 0.246 e. The standard InChI is InChI=1S/C27H28N4O/c32-26(25-16-19-8-3-6-13-24(19)31(25)27-28-14-7-15-29-27)30-17-20-9-1-4-11-22(20)23-12-5-2-10-21(23)18-30/h1-2,4-5,7,9-12,14-15,19,24-25H,3,6,8,13,16-18H2/t19-,24-,25-/m0/s1. The molecule has 0 bridgehead atoms. The molecule has 2 fully saturated rings. The molecule has 3 aromatic rings. The van der Waals surface area contributed by atoms with E-state index in [0.717, 1.165) is 12.8 Å². The highest BCUT2D eigenvalue weighted by atomic mass is 16.2. The molecule has 1 aromatic heterocycles. The molecule has 0 N–H and O–H groups in total. The van der Waals surface area contributed by atoms with Gasteiger partial charge in [-0.25, -0.2) is 9.97 Å². The third-order valence-corrected chi connectivity index (χ3v) is 7.52. The molecule has 5 nitrogen and oxygen atoms in total. The summed E-state index contributed by atoms with van der Waals surface area (Å²) in [5, 5.41) is 0. The van der Waals surface area contributed by atoms with E-state index in [4.69, 9.17) is 0 Å². The number of hydrogen-bond acceptors (Lipinski definition) is 4. The lowest BCUT2D eigenvalue weighted by molar-refractivity contribution is -0.133. The zero-order valence-electron chi connectivity index (χ0n) is 18.2. The third kappa shape index (κ3) is 3.27. The lowest BCUT2D eigenvalue weighted by atomic mass is 9.84. The number of rotatable bonds is 2. The van der Waals surface area contributed by atoms with E-state index in [0.29, 0.717) is 31.0 Å². The molecular weight excluding hydrogens is 396 g/mol. The second-order valence-electron chi connectivity index (χ2n) is 9.33. The quantitative estimate of drug-likeness (QED) is 0.592. The number of anilines is 1. The van der Waals surface area contributed by atoms with E-state index in [1.807, 2.05) is 6.07 Å². The lowest BCUT2D eigenvalue weighted by Gasteiger charge is -2.35. The van der Waals surface area contributed by atoms with Gasteiger partial charge in [-0.05, 0) is 53.5 Å². The molecule has 6 rings (SSSR count). The minimum absolute atomic E-state index is 0.192. The van der Waals surface area contributed by atoms with Crippen molar-refractivity contribution in [1.82, 2.24) is 14.9 Å². The van der Waals surface area contributed by atoms with Gasteiger partial charge in [-0.1, -0.05) is 61.4 Å². The summed E-state index contributed by atoms with van der Waals surface area (Å²) >= 11 is 0. The molecule has 2 aromatic carbocycles. The van der Waals surface area contributed by atoms with Gasteiger partial charge in [0.05, 0.1) is 0 Å². The van der Waals surface area contributed by atoms with Crippen molar-refractivity contribution in [3.63, 3.8) is 0 Å². The fourth-order valence-electron chi connectivity index (χ4n) is 6.07. The SMILES string of the molecule is O=C([C@@H]1C[C@@H]2CCCC[C@@H]2N1c1ncccn1)N1Cc2ccccc2-c2ccccc2C1. The summed E-state index contributed by atoms with van der Waals surface area (Å²) in [7, 11) is 0. The van der Waals surface area contributed by atoms with Crippen molar-refractivity contribution in [3.8, 4) is 11.1 Å². The molecule has 1 saturated carbocycles. The number of aromatic nitrogens is 2. The number of nitrogens with zero attached hydrogens (tertiary/aromatic N) is 4. The van der Waals surface area contributed by atoms with Crippen LogP contribution < -0.4 is 4.90 Å². The number of fused-ring (bicyclic) bond motifs is 4. The second-order valence-corrected chi connectivity index (χ2v) is 9.33. The highest BCUT2D eigenvalue weighted by Crippen LogP contribution is 2.42. The molecular formula is C27H28N4O. The van der Waals surface area contributed by atoms with Crippen molar-refractivity contribution >= 4 is 11.9 Å². The van der Waals surface area contributed by atoms with Crippen molar-refractivity contribution in [1.29, 1.82) is 0 Å². The normalized spacial score (nSPS) is 24.3.